The van der Waals surface area contributed by atoms with Gasteiger partial charge in [0, 0.05) is 24.4 Å². The lowest BCUT2D eigenvalue weighted by Gasteiger charge is -2.32. The number of oxime groups is 1. The molecule has 0 bridgehead atoms. The van der Waals surface area contributed by atoms with Crippen LogP contribution in [0.3, 0.4) is 0 Å². The molecule has 2 aromatic rings. The summed E-state index contributed by atoms with van der Waals surface area (Å²) in [6, 6.07) is 14.8. The van der Waals surface area contributed by atoms with Crippen LogP contribution in [0.2, 0.25) is 0 Å². The summed E-state index contributed by atoms with van der Waals surface area (Å²) in [7, 11) is 0. The van der Waals surface area contributed by atoms with Gasteiger partial charge in [0.1, 0.15) is 5.82 Å². The van der Waals surface area contributed by atoms with Crippen LogP contribution in [-0.4, -0.2) is 29.2 Å². The first-order valence-electron chi connectivity index (χ1n) is 9.92. The Labute approximate surface area is 165 Å². The number of aryl methyl sites for hydroxylation is 1. The Kier molecular flexibility index (Phi) is 5.42. The molecule has 0 unspecified atom stereocenters. The predicted octanol–water partition coefficient (Wildman–Crippen LogP) is 4.46. The SMILES string of the molecule is Cc1ccc(C2=NO[C@@H](CN(Cc3ccccc3F)C(=O)C3CCC3)C2)cc1. The Bertz CT molecular complexity index is 874. The predicted molar refractivity (Wildman–Crippen MR) is 106 cm³/mol. The number of hydrogen-bond donors (Lipinski definition) is 0. The second-order valence-electron chi connectivity index (χ2n) is 7.77. The van der Waals surface area contributed by atoms with Crippen molar-refractivity contribution in [2.24, 2.45) is 11.1 Å². The molecule has 0 saturated heterocycles. The number of halogens is 1. The van der Waals surface area contributed by atoms with Crippen molar-refractivity contribution in [1.29, 1.82) is 0 Å². The van der Waals surface area contributed by atoms with Gasteiger partial charge in [0.05, 0.1) is 12.3 Å². The number of nitrogens with zero attached hydrogens (tertiary/aromatic N) is 2. The molecule has 146 valence electrons. The highest BCUT2D eigenvalue weighted by Crippen LogP contribution is 2.30. The number of carbonyl (C=O) groups excluding carboxylic acids is 1. The molecule has 5 heteroatoms. The van der Waals surface area contributed by atoms with Crippen LogP contribution >= 0.6 is 0 Å². The van der Waals surface area contributed by atoms with Crippen LogP contribution in [0.1, 0.15) is 42.4 Å². The van der Waals surface area contributed by atoms with Crippen molar-refractivity contribution in [2.45, 2.75) is 45.3 Å². The smallest absolute Gasteiger partial charge is 0.226 e. The highest BCUT2D eigenvalue weighted by atomic mass is 19.1. The molecular weight excluding hydrogens is 355 g/mol. The van der Waals surface area contributed by atoms with Crippen LogP contribution in [0.15, 0.2) is 53.7 Å². The summed E-state index contributed by atoms with van der Waals surface area (Å²) >= 11 is 0. The van der Waals surface area contributed by atoms with Crippen LogP contribution in [-0.2, 0) is 16.2 Å². The average Bonchev–Trinajstić information content (AvgIpc) is 3.10. The molecule has 1 heterocycles. The number of rotatable bonds is 6. The lowest BCUT2D eigenvalue weighted by Crippen LogP contribution is -2.42. The molecule has 2 aliphatic rings. The van der Waals surface area contributed by atoms with Gasteiger partial charge in [0.25, 0.3) is 0 Å². The Morgan fingerprint density at radius 1 is 1.18 bits per heavy atom. The van der Waals surface area contributed by atoms with E-state index in [1.54, 1.807) is 23.1 Å². The Morgan fingerprint density at radius 3 is 2.61 bits per heavy atom. The summed E-state index contributed by atoms with van der Waals surface area (Å²) in [6.07, 6.45) is 3.37. The summed E-state index contributed by atoms with van der Waals surface area (Å²) in [5.41, 5.74) is 3.67. The Morgan fingerprint density at radius 2 is 1.93 bits per heavy atom. The van der Waals surface area contributed by atoms with Crippen molar-refractivity contribution in [1.82, 2.24) is 4.90 Å². The van der Waals surface area contributed by atoms with Gasteiger partial charge in [0.2, 0.25) is 5.91 Å². The van der Waals surface area contributed by atoms with E-state index in [1.165, 1.54) is 11.6 Å². The zero-order chi connectivity index (χ0) is 19.5. The molecule has 0 radical (unpaired) electrons. The average molecular weight is 380 g/mol. The summed E-state index contributed by atoms with van der Waals surface area (Å²) in [5.74, 6) is -0.120. The van der Waals surface area contributed by atoms with E-state index >= 15 is 0 Å². The first-order chi connectivity index (χ1) is 13.6. The second-order valence-corrected chi connectivity index (χ2v) is 7.77. The fourth-order valence-corrected chi connectivity index (χ4v) is 3.67. The highest BCUT2D eigenvalue weighted by molar-refractivity contribution is 6.01. The molecule has 0 spiro atoms. The minimum absolute atomic E-state index is 0.0608. The standard InChI is InChI=1S/C23H25FN2O2/c1-16-9-11-17(12-10-16)22-13-20(28-25-22)15-26(23(27)18-6-4-7-18)14-19-5-2-3-8-21(19)24/h2-3,5,8-12,18,20H,4,6-7,13-15H2,1H3/t20-/m1/s1. The topological polar surface area (TPSA) is 41.9 Å². The maximum Gasteiger partial charge on any atom is 0.226 e. The summed E-state index contributed by atoms with van der Waals surface area (Å²) in [6.45, 7) is 2.73. The van der Waals surface area contributed by atoms with Gasteiger partial charge in [-0.3, -0.25) is 4.79 Å². The summed E-state index contributed by atoms with van der Waals surface area (Å²) in [4.78, 5) is 20.3. The van der Waals surface area contributed by atoms with Crippen LogP contribution in [0.4, 0.5) is 4.39 Å². The molecule has 4 rings (SSSR count). The van der Waals surface area contributed by atoms with Crippen molar-refractivity contribution >= 4 is 11.6 Å². The van der Waals surface area contributed by atoms with Crippen LogP contribution in [0.5, 0.6) is 0 Å². The summed E-state index contributed by atoms with van der Waals surface area (Å²) in [5, 5.41) is 4.24. The largest absolute Gasteiger partial charge is 0.390 e. The third kappa shape index (κ3) is 4.08. The fraction of sp³-hybridized carbons (Fsp3) is 0.391. The van der Waals surface area contributed by atoms with Gasteiger partial charge in [0.15, 0.2) is 6.10 Å². The van der Waals surface area contributed by atoms with Crippen molar-refractivity contribution in [3.05, 3.63) is 71.0 Å². The van der Waals surface area contributed by atoms with E-state index in [1.807, 2.05) is 19.1 Å². The van der Waals surface area contributed by atoms with Gasteiger partial charge >= 0.3 is 0 Å². The first kappa shape index (κ1) is 18.7. The molecule has 2 aromatic carbocycles. The van der Waals surface area contributed by atoms with Gasteiger partial charge in [-0.05, 0) is 31.4 Å². The van der Waals surface area contributed by atoms with Gasteiger partial charge in [-0.25, -0.2) is 4.39 Å². The Balaban J connectivity index is 1.44. The summed E-state index contributed by atoms with van der Waals surface area (Å²) < 4.78 is 14.1. The molecule has 0 aromatic heterocycles. The third-order valence-corrected chi connectivity index (χ3v) is 5.63. The molecule has 1 fully saturated rings. The monoisotopic (exact) mass is 380 g/mol. The van der Waals surface area contributed by atoms with E-state index in [0.717, 1.165) is 30.5 Å². The van der Waals surface area contributed by atoms with Crippen LogP contribution < -0.4 is 0 Å². The third-order valence-electron chi connectivity index (χ3n) is 5.63. The number of hydrogen-bond acceptors (Lipinski definition) is 3. The zero-order valence-corrected chi connectivity index (χ0v) is 16.1. The van der Waals surface area contributed by atoms with E-state index in [9.17, 15) is 9.18 Å². The number of amides is 1. The molecular formula is C23H25FN2O2. The normalized spacial score (nSPS) is 18.9. The number of benzene rings is 2. The van der Waals surface area contributed by atoms with Gasteiger partial charge in [-0.1, -0.05) is 59.6 Å². The van der Waals surface area contributed by atoms with E-state index < -0.39 is 0 Å². The van der Waals surface area contributed by atoms with Crippen molar-refractivity contribution in [3.8, 4) is 0 Å². The van der Waals surface area contributed by atoms with Crippen molar-refractivity contribution < 1.29 is 14.0 Å². The fourth-order valence-electron chi connectivity index (χ4n) is 3.67. The van der Waals surface area contributed by atoms with Crippen molar-refractivity contribution in [3.63, 3.8) is 0 Å². The maximum atomic E-state index is 14.1. The van der Waals surface area contributed by atoms with Gasteiger partial charge in [-0.2, -0.15) is 0 Å². The minimum atomic E-state index is -0.280. The molecule has 1 aliphatic carbocycles. The lowest BCUT2D eigenvalue weighted by atomic mass is 9.84. The molecule has 1 aliphatic heterocycles. The molecule has 1 amide bonds. The van der Waals surface area contributed by atoms with Gasteiger partial charge < -0.3 is 9.74 Å². The van der Waals surface area contributed by atoms with Crippen LogP contribution in [0.25, 0.3) is 0 Å². The molecule has 28 heavy (non-hydrogen) atoms. The van der Waals surface area contributed by atoms with E-state index in [4.69, 9.17) is 4.84 Å². The maximum absolute atomic E-state index is 14.1. The quantitative estimate of drug-likeness (QED) is 0.743. The van der Waals surface area contributed by atoms with Gasteiger partial charge in [-0.15, -0.1) is 0 Å². The first-order valence-corrected chi connectivity index (χ1v) is 9.92. The van der Waals surface area contributed by atoms with Crippen LogP contribution in [0, 0.1) is 18.7 Å². The van der Waals surface area contributed by atoms with E-state index in [2.05, 4.69) is 17.3 Å². The second kappa shape index (κ2) is 8.13. The highest BCUT2D eigenvalue weighted by Gasteiger charge is 2.33. The molecule has 1 saturated carbocycles. The van der Waals surface area contributed by atoms with E-state index in [0.29, 0.717) is 18.5 Å². The molecule has 4 nitrogen and oxygen atoms in total. The minimum Gasteiger partial charge on any atom is -0.390 e. The van der Waals surface area contributed by atoms with Crippen molar-refractivity contribution in [2.75, 3.05) is 6.54 Å². The van der Waals surface area contributed by atoms with E-state index in [-0.39, 0.29) is 30.3 Å². The molecule has 1 atom stereocenters. The zero-order valence-electron chi connectivity index (χ0n) is 16.1. The lowest BCUT2D eigenvalue weighted by molar-refractivity contribution is -0.140. The molecule has 0 N–H and O–H groups in total. The number of carbonyl (C=O) groups is 1. The Hall–Kier alpha value is -2.69.